The molecule has 0 aliphatic carbocycles. The highest BCUT2D eigenvalue weighted by Crippen LogP contribution is 2.29. The number of rotatable bonds is 8. The van der Waals surface area contributed by atoms with Gasteiger partial charge < -0.3 is 20.1 Å². The van der Waals surface area contributed by atoms with E-state index >= 15 is 0 Å². The summed E-state index contributed by atoms with van der Waals surface area (Å²) in [6.45, 7) is 10.7. The molecule has 0 aliphatic heterocycles. The molecule has 2 amide bonds. The lowest BCUT2D eigenvalue weighted by molar-refractivity contribution is -0.111. The quantitative estimate of drug-likeness (QED) is 0.621. The summed E-state index contributed by atoms with van der Waals surface area (Å²) in [5.74, 6) is 0.900. The van der Waals surface area contributed by atoms with Gasteiger partial charge in [0.1, 0.15) is 0 Å². The fraction of sp³-hybridized carbons (Fsp3) is 0.333. The summed E-state index contributed by atoms with van der Waals surface area (Å²) in [6, 6.07) is 12.3. The standard InChI is InChI=1S/C24H30N2O4/c1-6-29-20-14-8-17(16-21(20)30-7-2)9-15-22(27)25-19-12-10-18(11-13-19)23(28)26-24(3,4)5/h8-16H,6-7H2,1-5H3,(H,25,27)(H,26,28)/b15-9+. The van der Waals surface area contributed by atoms with Gasteiger partial charge in [0, 0.05) is 22.9 Å². The first-order valence-corrected chi connectivity index (χ1v) is 10.0. The number of benzene rings is 2. The van der Waals surface area contributed by atoms with Crippen LogP contribution in [-0.2, 0) is 4.79 Å². The molecule has 0 saturated carbocycles. The van der Waals surface area contributed by atoms with Gasteiger partial charge in [0.05, 0.1) is 13.2 Å². The summed E-state index contributed by atoms with van der Waals surface area (Å²) < 4.78 is 11.1. The van der Waals surface area contributed by atoms with Crippen molar-refractivity contribution >= 4 is 23.6 Å². The molecule has 2 aromatic carbocycles. The number of hydrogen-bond acceptors (Lipinski definition) is 4. The van der Waals surface area contributed by atoms with E-state index in [4.69, 9.17) is 9.47 Å². The van der Waals surface area contributed by atoms with Crippen molar-refractivity contribution < 1.29 is 19.1 Å². The van der Waals surface area contributed by atoms with E-state index in [-0.39, 0.29) is 17.4 Å². The molecule has 0 spiro atoms. The van der Waals surface area contributed by atoms with Crippen molar-refractivity contribution in [1.29, 1.82) is 0 Å². The number of amides is 2. The normalized spacial score (nSPS) is 11.2. The minimum absolute atomic E-state index is 0.152. The fourth-order valence-electron chi connectivity index (χ4n) is 2.64. The first kappa shape index (κ1) is 23.0. The first-order chi connectivity index (χ1) is 14.2. The Labute approximate surface area is 178 Å². The van der Waals surface area contributed by atoms with E-state index in [9.17, 15) is 9.59 Å². The van der Waals surface area contributed by atoms with Crippen LogP contribution in [0.5, 0.6) is 11.5 Å². The largest absolute Gasteiger partial charge is 0.490 e. The van der Waals surface area contributed by atoms with Gasteiger partial charge in [0.15, 0.2) is 11.5 Å². The van der Waals surface area contributed by atoms with Gasteiger partial charge in [-0.15, -0.1) is 0 Å². The van der Waals surface area contributed by atoms with Crippen LogP contribution in [0.2, 0.25) is 0 Å². The van der Waals surface area contributed by atoms with Crippen LogP contribution in [0.4, 0.5) is 5.69 Å². The van der Waals surface area contributed by atoms with Gasteiger partial charge in [-0.2, -0.15) is 0 Å². The Morgan fingerprint density at radius 3 is 2.17 bits per heavy atom. The van der Waals surface area contributed by atoms with Crippen LogP contribution in [0.3, 0.4) is 0 Å². The molecule has 0 bridgehead atoms. The van der Waals surface area contributed by atoms with Gasteiger partial charge in [-0.1, -0.05) is 6.07 Å². The predicted molar refractivity (Wildman–Crippen MR) is 120 cm³/mol. The minimum atomic E-state index is -0.308. The van der Waals surface area contributed by atoms with E-state index in [2.05, 4.69) is 10.6 Å². The van der Waals surface area contributed by atoms with Crippen molar-refractivity contribution in [3.05, 3.63) is 59.7 Å². The Kier molecular flexibility index (Phi) is 8.04. The van der Waals surface area contributed by atoms with Gasteiger partial charge in [-0.3, -0.25) is 9.59 Å². The molecule has 0 saturated heterocycles. The lowest BCUT2D eigenvalue weighted by atomic mass is 10.1. The van der Waals surface area contributed by atoms with Crippen LogP contribution in [0, 0.1) is 0 Å². The highest BCUT2D eigenvalue weighted by Gasteiger charge is 2.15. The molecule has 30 heavy (non-hydrogen) atoms. The van der Waals surface area contributed by atoms with Crippen molar-refractivity contribution in [3.63, 3.8) is 0 Å². The lowest BCUT2D eigenvalue weighted by Gasteiger charge is -2.20. The zero-order valence-corrected chi connectivity index (χ0v) is 18.2. The van der Waals surface area contributed by atoms with Crippen molar-refractivity contribution in [2.75, 3.05) is 18.5 Å². The van der Waals surface area contributed by atoms with Gasteiger partial charge >= 0.3 is 0 Å². The monoisotopic (exact) mass is 410 g/mol. The fourth-order valence-corrected chi connectivity index (χ4v) is 2.64. The highest BCUT2D eigenvalue weighted by molar-refractivity contribution is 6.02. The minimum Gasteiger partial charge on any atom is -0.490 e. The molecule has 0 heterocycles. The maximum atomic E-state index is 12.2. The summed E-state index contributed by atoms with van der Waals surface area (Å²) in [7, 11) is 0. The maximum absolute atomic E-state index is 12.2. The second kappa shape index (κ2) is 10.5. The molecule has 0 unspecified atom stereocenters. The van der Waals surface area contributed by atoms with E-state index in [0.717, 1.165) is 5.56 Å². The van der Waals surface area contributed by atoms with Gasteiger partial charge in [-0.05, 0) is 82.7 Å². The summed E-state index contributed by atoms with van der Waals surface area (Å²) in [4.78, 5) is 24.4. The second-order valence-electron chi connectivity index (χ2n) is 7.68. The van der Waals surface area contributed by atoms with Gasteiger partial charge in [-0.25, -0.2) is 0 Å². The smallest absolute Gasteiger partial charge is 0.251 e. The number of nitrogens with one attached hydrogen (secondary N) is 2. The Morgan fingerprint density at radius 1 is 0.933 bits per heavy atom. The molecule has 0 atom stereocenters. The molecule has 2 rings (SSSR count). The molecule has 160 valence electrons. The highest BCUT2D eigenvalue weighted by atomic mass is 16.5. The third-order valence-corrected chi connectivity index (χ3v) is 3.90. The van der Waals surface area contributed by atoms with Crippen molar-refractivity contribution in [2.24, 2.45) is 0 Å². The summed E-state index contributed by atoms with van der Waals surface area (Å²) in [6.07, 6.45) is 3.16. The van der Waals surface area contributed by atoms with Crippen LogP contribution in [0.1, 0.15) is 50.5 Å². The average molecular weight is 411 g/mol. The molecule has 0 aliphatic rings. The van der Waals surface area contributed by atoms with E-state index < -0.39 is 0 Å². The third kappa shape index (κ3) is 7.28. The first-order valence-electron chi connectivity index (χ1n) is 10.0. The number of ether oxygens (including phenoxy) is 2. The molecular weight excluding hydrogens is 380 g/mol. The van der Waals surface area contributed by atoms with E-state index in [1.807, 2.05) is 52.8 Å². The van der Waals surface area contributed by atoms with Crippen molar-refractivity contribution in [1.82, 2.24) is 5.32 Å². The van der Waals surface area contributed by atoms with Crippen LogP contribution < -0.4 is 20.1 Å². The van der Waals surface area contributed by atoms with Crippen LogP contribution in [0.25, 0.3) is 6.08 Å². The molecule has 0 radical (unpaired) electrons. The third-order valence-electron chi connectivity index (χ3n) is 3.90. The van der Waals surface area contributed by atoms with Crippen LogP contribution in [0.15, 0.2) is 48.5 Å². The Hall–Kier alpha value is -3.28. The molecule has 6 nitrogen and oxygen atoms in total. The number of hydrogen-bond donors (Lipinski definition) is 2. The van der Waals surface area contributed by atoms with E-state index in [1.54, 1.807) is 30.3 Å². The van der Waals surface area contributed by atoms with Crippen LogP contribution >= 0.6 is 0 Å². The molecule has 0 aromatic heterocycles. The van der Waals surface area contributed by atoms with Gasteiger partial charge in [0.25, 0.3) is 5.91 Å². The zero-order valence-electron chi connectivity index (χ0n) is 18.2. The van der Waals surface area contributed by atoms with E-state index in [0.29, 0.717) is 36.0 Å². The Morgan fingerprint density at radius 2 is 1.57 bits per heavy atom. The summed E-state index contributed by atoms with van der Waals surface area (Å²) in [5.41, 5.74) is 1.67. The van der Waals surface area contributed by atoms with Crippen molar-refractivity contribution in [3.8, 4) is 11.5 Å². The van der Waals surface area contributed by atoms with Gasteiger partial charge in [0.2, 0.25) is 5.91 Å². The number of carbonyl (C=O) groups excluding carboxylic acids is 2. The number of carbonyl (C=O) groups is 2. The Balaban J connectivity index is 2.00. The maximum Gasteiger partial charge on any atom is 0.251 e. The second-order valence-corrected chi connectivity index (χ2v) is 7.68. The summed E-state index contributed by atoms with van der Waals surface area (Å²) >= 11 is 0. The SMILES string of the molecule is CCOc1ccc(/C=C/C(=O)Nc2ccc(C(=O)NC(C)(C)C)cc2)cc1OCC. The Bertz CT molecular complexity index is 896. The molecule has 2 N–H and O–H groups in total. The average Bonchev–Trinajstić information content (AvgIpc) is 2.67. The molecule has 0 fully saturated rings. The predicted octanol–water partition coefficient (Wildman–Crippen LogP) is 4.66. The van der Waals surface area contributed by atoms with Crippen molar-refractivity contribution in [2.45, 2.75) is 40.2 Å². The molecule has 6 heteroatoms. The zero-order chi connectivity index (χ0) is 22.1. The van der Waals surface area contributed by atoms with Crippen LogP contribution in [-0.4, -0.2) is 30.6 Å². The van der Waals surface area contributed by atoms with E-state index in [1.165, 1.54) is 6.08 Å². The number of anilines is 1. The summed E-state index contributed by atoms with van der Waals surface area (Å²) in [5, 5.41) is 5.69. The topological polar surface area (TPSA) is 76.7 Å². The molecule has 2 aromatic rings. The molecular formula is C24H30N2O4. The lowest BCUT2D eigenvalue weighted by Crippen LogP contribution is -2.40.